The summed E-state index contributed by atoms with van der Waals surface area (Å²) >= 11 is 0. The Kier molecular flexibility index (Phi) is 4.19. The summed E-state index contributed by atoms with van der Waals surface area (Å²) in [7, 11) is 0. The van der Waals surface area contributed by atoms with Crippen LogP contribution in [0.15, 0.2) is 35.2 Å². The highest BCUT2D eigenvalue weighted by Gasteiger charge is 2.43. The molecule has 0 fully saturated rings. The smallest absolute Gasteiger partial charge is 0.205 e. The third kappa shape index (κ3) is 2.95. The largest absolute Gasteiger partial charge is 0.444 e. The number of ether oxygens (including phenoxy) is 1. The Morgan fingerprint density at radius 1 is 1.52 bits per heavy atom. The van der Waals surface area contributed by atoms with Crippen LogP contribution in [-0.4, -0.2) is 15.6 Å². The van der Waals surface area contributed by atoms with Gasteiger partial charge in [0.05, 0.1) is 12.1 Å². The Morgan fingerprint density at radius 2 is 2.24 bits per heavy atom. The van der Waals surface area contributed by atoms with Crippen molar-refractivity contribution in [2.45, 2.75) is 58.9 Å². The van der Waals surface area contributed by atoms with Crippen LogP contribution in [0.2, 0.25) is 0 Å². The maximum absolute atomic E-state index is 12.9. The SMILES string of the molecule is CCC(C)n1cc(C2C(C#N)=C(N)OC3=C2C(=O)CC(C)(C)C3)cn1. The van der Waals surface area contributed by atoms with Crippen molar-refractivity contribution in [3.63, 3.8) is 0 Å². The van der Waals surface area contributed by atoms with E-state index in [0.29, 0.717) is 24.2 Å². The Hall–Kier alpha value is -2.55. The first-order valence-electron chi connectivity index (χ1n) is 8.65. The zero-order valence-electron chi connectivity index (χ0n) is 15.2. The van der Waals surface area contributed by atoms with Crippen molar-refractivity contribution in [3.8, 4) is 6.07 Å². The van der Waals surface area contributed by atoms with Gasteiger partial charge in [0.15, 0.2) is 5.78 Å². The molecule has 6 heteroatoms. The molecule has 0 saturated heterocycles. The van der Waals surface area contributed by atoms with Gasteiger partial charge in [0.1, 0.15) is 17.4 Å². The summed E-state index contributed by atoms with van der Waals surface area (Å²) < 4.78 is 7.56. The molecule has 1 aromatic heterocycles. The molecule has 0 spiro atoms. The molecule has 25 heavy (non-hydrogen) atoms. The number of nitriles is 1. The van der Waals surface area contributed by atoms with Crippen LogP contribution >= 0.6 is 0 Å². The predicted molar refractivity (Wildman–Crippen MR) is 92.9 cm³/mol. The summed E-state index contributed by atoms with van der Waals surface area (Å²) in [5.74, 6) is 0.218. The van der Waals surface area contributed by atoms with Gasteiger partial charge in [0, 0.05) is 36.2 Å². The number of hydrogen-bond acceptors (Lipinski definition) is 5. The van der Waals surface area contributed by atoms with Gasteiger partial charge >= 0.3 is 0 Å². The fourth-order valence-corrected chi connectivity index (χ4v) is 3.55. The second kappa shape index (κ2) is 6.07. The second-order valence-corrected chi connectivity index (χ2v) is 7.71. The zero-order valence-corrected chi connectivity index (χ0v) is 15.2. The van der Waals surface area contributed by atoms with E-state index in [0.717, 1.165) is 12.0 Å². The molecule has 2 unspecified atom stereocenters. The fraction of sp³-hybridized carbons (Fsp3) is 0.526. The second-order valence-electron chi connectivity index (χ2n) is 7.71. The van der Waals surface area contributed by atoms with Crippen LogP contribution in [-0.2, 0) is 9.53 Å². The van der Waals surface area contributed by atoms with Crippen molar-refractivity contribution < 1.29 is 9.53 Å². The number of allylic oxidation sites excluding steroid dienone is 3. The summed E-state index contributed by atoms with van der Waals surface area (Å²) in [4.78, 5) is 12.9. The molecular formula is C19H24N4O2. The molecule has 0 bridgehead atoms. The first-order valence-corrected chi connectivity index (χ1v) is 8.65. The van der Waals surface area contributed by atoms with Gasteiger partial charge in [0.2, 0.25) is 5.88 Å². The van der Waals surface area contributed by atoms with E-state index < -0.39 is 5.92 Å². The third-order valence-electron chi connectivity index (χ3n) is 5.07. The molecule has 2 atom stereocenters. The van der Waals surface area contributed by atoms with Crippen molar-refractivity contribution in [1.29, 1.82) is 5.26 Å². The summed E-state index contributed by atoms with van der Waals surface area (Å²) in [6.07, 6.45) is 5.64. The Bertz CT molecular complexity index is 823. The van der Waals surface area contributed by atoms with E-state index in [1.165, 1.54) is 0 Å². The molecule has 0 amide bonds. The lowest BCUT2D eigenvalue weighted by Crippen LogP contribution is -2.33. The van der Waals surface area contributed by atoms with E-state index in [2.05, 4.69) is 25.0 Å². The normalized spacial score (nSPS) is 23.8. The number of hydrogen-bond donors (Lipinski definition) is 1. The van der Waals surface area contributed by atoms with Gasteiger partial charge in [-0.3, -0.25) is 9.48 Å². The summed E-state index contributed by atoms with van der Waals surface area (Å²) in [5.41, 5.74) is 7.50. The number of aromatic nitrogens is 2. The molecule has 0 saturated carbocycles. The number of nitrogens with zero attached hydrogens (tertiary/aromatic N) is 3. The topological polar surface area (TPSA) is 93.9 Å². The highest BCUT2D eigenvalue weighted by Crippen LogP contribution is 2.47. The van der Waals surface area contributed by atoms with Crippen molar-refractivity contribution in [2.24, 2.45) is 11.1 Å². The third-order valence-corrected chi connectivity index (χ3v) is 5.07. The molecule has 2 N–H and O–H groups in total. The molecule has 132 valence electrons. The minimum absolute atomic E-state index is 0.0211. The van der Waals surface area contributed by atoms with Gasteiger partial charge in [-0.25, -0.2) is 0 Å². The highest BCUT2D eigenvalue weighted by molar-refractivity contribution is 6.00. The number of ketones is 1. The van der Waals surface area contributed by atoms with Crippen molar-refractivity contribution in [2.75, 3.05) is 0 Å². The van der Waals surface area contributed by atoms with Gasteiger partial charge in [-0.1, -0.05) is 20.8 Å². The number of nitrogens with two attached hydrogens (primary N) is 1. The van der Waals surface area contributed by atoms with Crippen LogP contribution in [0.25, 0.3) is 0 Å². The molecule has 3 rings (SSSR count). The Balaban J connectivity index is 2.11. The Morgan fingerprint density at radius 3 is 2.88 bits per heavy atom. The van der Waals surface area contributed by atoms with Gasteiger partial charge in [-0.15, -0.1) is 0 Å². The van der Waals surface area contributed by atoms with E-state index in [9.17, 15) is 10.1 Å². The standard InChI is InChI=1S/C19H24N4O2/c1-5-11(2)23-10-12(9-22-23)16-13(8-20)18(21)25-15-7-19(3,4)6-14(24)17(15)16/h9-11,16H,5-7,21H2,1-4H3. The van der Waals surface area contributed by atoms with E-state index in [1.54, 1.807) is 6.20 Å². The molecule has 1 aliphatic heterocycles. The molecule has 0 radical (unpaired) electrons. The molecule has 6 nitrogen and oxygen atoms in total. The highest BCUT2D eigenvalue weighted by atomic mass is 16.5. The molecule has 0 aromatic carbocycles. The molecule has 2 heterocycles. The van der Waals surface area contributed by atoms with Gasteiger partial charge in [-0.05, 0) is 18.8 Å². The quantitative estimate of drug-likeness (QED) is 0.911. The van der Waals surface area contributed by atoms with Crippen LogP contribution in [0.1, 0.15) is 64.5 Å². The Labute approximate surface area is 147 Å². The van der Waals surface area contributed by atoms with Crippen molar-refractivity contribution in [1.82, 2.24) is 9.78 Å². The molecule has 1 aliphatic carbocycles. The van der Waals surface area contributed by atoms with Crippen LogP contribution in [0, 0.1) is 16.7 Å². The van der Waals surface area contributed by atoms with Crippen LogP contribution in [0.3, 0.4) is 0 Å². The van der Waals surface area contributed by atoms with Crippen LogP contribution in [0.4, 0.5) is 0 Å². The first kappa shape index (κ1) is 17.3. The lowest BCUT2D eigenvalue weighted by Gasteiger charge is -2.36. The molecule has 1 aromatic rings. The minimum Gasteiger partial charge on any atom is -0.444 e. The summed E-state index contributed by atoms with van der Waals surface area (Å²) in [6, 6.07) is 2.38. The summed E-state index contributed by atoms with van der Waals surface area (Å²) in [5, 5.41) is 14.0. The maximum Gasteiger partial charge on any atom is 0.205 e. The fourth-order valence-electron chi connectivity index (χ4n) is 3.55. The zero-order chi connectivity index (χ0) is 18.4. The van der Waals surface area contributed by atoms with Gasteiger partial charge in [-0.2, -0.15) is 10.4 Å². The van der Waals surface area contributed by atoms with Crippen molar-refractivity contribution in [3.05, 3.63) is 40.7 Å². The van der Waals surface area contributed by atoms with Gasteiger partial charge in [0.25, 0.3) is 0 Å². The minimum atomic E-state index is -0.491. The number of Topliss-reactive ketones (excluding diaryl/α,β-unsaturated/α-hetero) is 1. The molecule has 2 aliphatic rings. The average Bonchev–Trinajstić information content (AvgIpc) is 3.01. The van der Waals surface area contributed by atoms with E-state index in [-0.39, 0.29) is 28.7 Å². The summed E-state index contributed by atoms with van der Waals surface area (Å²) in [6.45, 7) is 8.24. The number of carbonyl (C=O) groups excluding carboxylic acids is 1. The number of rotatable bonds is 3. The van der Waals surface area contributed by atoms with E-state index in [4.69, 9.17) is 10.5 Å². The monoisotopic (exact) mass is 340 g/mol. The van der Waals surface area contributed by atoms with Crippen LogP contribution in [0.5, 0.6) is 0 Å². The lowest BCUT2D eigenvalue weighted by molar-refractivity contribution is -0.119. The van der Waals surface area contributed by atoms with Crippen molar-refractivity contribution >= 4 is 5.78 Å². The van der Waals surface area contributed by atoms with Gasteiger partial charge < -0.3 is 10.5 Å². The lowest BCUT2D eigenvalue weighted by atomic mass is 9.70. The average molecular weight is 340 g/mol. The molecular weight excluding hydrogens is 316 g/mol. The van der Waals surface area contributed by atoms with E-state index >= 15 is 0 Å². The first-order chi connectivity index (χ1) is 11.8. The number of carbonyl (C=O) groups is 1. The maximum atomic E-state index is 12.9. The predicted octanol–water partition coefficient (Wildman–Crippen LogP) is 3.30. The van der Waals surface area contributed by atoms with Crippen LogP contribution < -0.4 is 5.73 Å². The van der Waals surface area contributed by atoms with E-state index in [1.807, 2.05) is 24.7 Å².